The fourth-order valence-corrected chi connectivity index (χ4v) is 3.95. The Hall–Kier alpha value is -2.35. The van der Waals surface area contributed by atoms with Crippen molar-refractivity contribution in [2.24, 2.45) is 5.73 Å². The molecule has 0 aliphatic rings. The van der Waals surface area contributed by atoms with Gasteiger partial charge in [0.05, 0.1) is 11.5 Å². The first-order valence-electron chi connectivity index (χ1n) is 8.99. The summed E-state index contributed by atoms with van der Waals surface area (Å²) in [5, 5.41) is 1.11. The van der Waals surface area contributed by atoms with E-state index >= 15 is 0 Å². The molecule has 2 aromatic carbocycles. The van der Waals surface area contributed by atoms with Crippen LogP contribution in [0.2, 0.25) is 0 Å². The molecule has 27 heavy (non-hydrogen) atoms. The average Bonchev–Trinajstić information content (AvgIpc) is 3.04. The number of hydrogen-bond donors (Lipinski definition) is 3. The summed E-state index contributed by atoms with van der Waals surface area (Å²) in [6.07, 6.45) is 3.36. The molecule has 4 N–H and O–H groups in total. The normalized spacial score (nSPS) is 11.8. The van der Waals surface area contributed by atoms with Crippen LogP contribution in [0.4, 0.5) is 0 Å². The van der Waals surface area contributed by atoms with Gasteiger partial charge in [0.1, 0.15) is 5.75 Å². The first-order chi connectivity index (χ1) is 13.0. The Morgan fingerprint density at radius 1 is 1.15 bits per heavy atom. The van der Waals surface area contributed by atoms with Crippen LogP contribution in [0.3, 0.4) is 0 Å². The molecule has 0 aliphatic heterocycles. The van der Waals surface area contributed by atoms with E-state index < -0.39 is 10.0 Å². The Morgan fingerprint density at radius 2 is 1.93 bits per heavy atom. The minimum atomic E-state index is -3.48. The lowest BCUT2D eigenvalue weighted by molar-refractivity contribution is 0.312. The zero-order valence-corrected chi connectivity index (χ0v) is 16.2. The fourth-order valence-electron chi connectivity index (χ4n) is 2.88. The second kappa shape index (κ2) is 8.56. The molecule has 0 saturated carbocycles. The van der Waals surface area contributed by atoms with Gasteiger partial charge in [0.15, 0.2) is 0 Å². The van der Waals surface area contributed by atoms with Crippen LogP contribution in [-0.2, 0) is 16.4 Å². The van der Waals surface area contributed by atoms with Crippen molar-refractivity contribution in [2.75, 3.05) is 19.7 Å². The van der Waals surface area contributed by atoms with Gasteiger partial charge < -0.3 is 15.5 Å². The summed E-state index contributed by atoms with van der Waals surface area (Å²) in [5.74, 6) is 0.766. The van der Waals surface area contributed by atoms with Crippen molar-refractivity contribution in [3.8, 4) is 5.75 Å². The number of sulfonamides is 1. The molecule has 0 unspecified atom stereocenters. The van der Waals surface area contributed by atoms with Crippen molar-refractivity contribution < 1.29 is 13.2 Å². The Labute approximate surface area is 159 Å². The van der Waals surface area contributed by atoms with Crippen LogP contribution in [0.1, 0.15) is 17.5 Å². The Balaban J connectivity index is 1.50. The van der Waals surface area contributed by atoms with Crippen LogP contribution in [0, 0.1) is 6.92 Å². The van der Waals surface area contributed by atoms with Crippen LogP contribution in [0.25, 0.3) is 10.9 Å². The molecule has 7 heteroatoms. The summed E-state index contributed by atoms with van der Waals surface area (Å²) in [5.41, 5.74) is 8.89. The van der Waals surface area contributed by atoms with Gasteiger partial charge in [-0.05, 0) is 62.2 Å². The van der Waals surface area contributed by atoms with Gasteiger partial charge in [-0.2, -0.15) is 0 Å². The second-order valence-electron chi connectivity index (χ2n) is 6.47. The van der Waals surface area contributed by atoms with E-state index in [1.165, 1.54) is 5.56 Å². The van der Waals surface area contributed by atoms with Crippen molar-refractivity contribution in [3.05, 3.63) is 59.8 Å². The van der Waals surface area contributed by atoms with E-state index in [0.29, 0.717) is 26.1 Å². The summed E-state index contributed by atoms with van der Waals surface area (Å²) in [6.45, 7) is 3.27. The van der Waals surface area contributed by atoms with Crippen molar-refractivity contribution >= 4 is 20.9 Å². The number of aromatic nitrogens is 1. The van der Waals surface area contributed by atoms with Crippen LogP contribution >= 0.6 is 0 Å². The second-order valence-corrected chi connectivity index (χ2v) is 8.24. The molecule has 0 spiro atoms. The van der Waals surface area contributed by atoms with E-state index in [4.69, 9.17) is 10.5 Å². The van der Waals surface area contributed by atoms with Crippen LogP contribution in [-0.4, -0.2) is 33.1 Å². The van der Waals surface area contributed by atoms with Crippen LogP contribution < -0.4 is 15.2 Å². The van der Waals surface area contributed by atoms with Crippen molar-refractivity contribution in [1.29, 1.82) is 0 Å². The molecule has 0 aliphatic carbocycles. The van der Waals surface area contributed by atoms with E-state index in [0.717, 1.165) is 28.6 Å². The number of benzene rings is 2. The van der Waals surface area contributed by atoms with Gasteiger partial charge in [-0.25, -0.2) is 13.1 Å². The molecule has 1 aromatic heterocycles. The van der Waals surface area contributed by atoms with Gasteiger partial charge in [-0.1, -0.05) is 17.7 Å². The number of H-pyrrole nitrogens is 1. The van der Waals surface area contributed by atoms with Gasteiger partial charge in [0.2, 0.25) is 10.0 Å². The monoisotopic (exact) mass is 387 g/mol. The number of nitrogens with two attached hydrogens (primary N) is 1. The average molecular weight is 388 g/mol. The molecular formula is C20H25N3O3S. The lowest BCUT2D eigenvalue weighted by Crippen LogP contribution is -2.25. The molecule has 0 atom stereocenters. The fraction of sp³-hybridized carbons (Fsp3) is 0.300. The summed E-state index contributed by atoms with van der Waals surface area (Å²) in [6, 6.07) is 12.7. The Kier molecular flexibility index (Phi) is 6.15. The lowest BCUT2D eigenvalue weighted by atomic mass is 10.1. The molecule has 0 fully saturated rings. The first kappa shape index (κ1) is 19.4. The standard InChI is InChI=1S/C20H25N3O3S/c1-15-3-6-18(7-4-15)27(24,25)23-11-2-12-26-17-5-8-20-19(13-17)16(9-10-21)14-22-20/h3-8,13-14,22-23H,2,9-12,21H2,1H3. The lowest BCUT2D eigenvalue weighted by Gasteiger charge is -2.09. The van der Waals surface area contributed by atoms with E-state index in [9.17, 15) is 8.42 Å². The van der Waals surface area contributed by atoms with E-state index in [-0.39, 0.29) is 4.90 Å². The topological polar surface area (TPSA) is 97.2 Å². The summed E-state index contributed by atoms with van der Waals surface area (Å²) < 4.78 is 32.8. The number of rotatable bonds is 9. The zero-order valence-electron chi connectivity index (χ0n) is 15.4. The smallest absolute Gasteiger partial charge is 0.240 e. The van der Waals surface area contributed by atoms with Gasteiger partial charge >= 0.3 is 0 Å². The van der Waals surface area contributed by atoms with Crippen molar-refractivity contribution in [2.45, 2.75) is 24.7 Å². The largest absolute Gasteiger partial charge is 0.494 e. The van der Waals surface area contributed by atoms with Crippen molar-refractivity contribution in [1.82, 2.24) is 9.71 Å². The summed E-state index contributed by atoms with van der Waals surface area (Å²) in [7, 11) is -3.48. The molecule has 3 rings (SSSR count). The molecule has 144 valence electrons. The first-order valence-corrected chi connectivity index (χ1v) is 10.5. The summed E-state index contributed by atoms with van der Waals surface area (Å²) >= 11 is 0. The highest BCUT2D eigenvalue weighted by Crippen LogP contribution is 2.24. The molecule has 3 aromatic rings. The molecule has 0 radical (unpaired) electrons. The number of aryl methyl sites for hydroxylation is 1. The zero-order chi connectivity index (χ0) is 19.3. The summed E-state index contributed by atoms with van der Waals surface area (Å²) in [4.78, 5) is 3.50. The van der Waals surface area contributed by atoms with E-state index in [2.05, 4.69) is 9.71 Å². The molecule has 0 saturated heterocycles. The van der Waals surface area contributed by atoms with Gasteiger partial charge in [0, 0.05) is 23.6 Å². The molecule has 0 amide bonds. The Morgan fingerprint density at radius 3 is 2.67 bits per heavy atom. The quantitative estimate of drug-likeness (QED) is 0.492. The molecule has 0 bridgehead atoms. The third-order valence-electron chi connectivity index (χ3n) is 4.37. The van der Waals surface area contributed by atoms with E-state index in [1.54, 1.807) is 24.3 Å². The Bertz CT molecular complexity index is 995. The molecule has 6 nitrogen and oxygen atoms in total. The molecular weight excluding hydrogens is 362 g/mol. The third kappa shape index (κ3) is 4.88. The minimum Gasteiger partial charge on any atom is -0.494 e. The predicted octanol–water partition coefficient (Wildman–Crippen LogP) is 2.72. The SMILES string of the molecule is Cc1ccc(S(=O)(=O)NCCCOc2ccc3[nH]cc(CCN)c3c2)cc1. The van der Waals surface area contributed by atoms with Crippen LogP contribution in [0.5, 0.6) is 5.75 Å². The van der Waals surface area contributed by atoms with Crippen LogP contribution in [0.15, 0.2) is 53.6 Å². The van der Waals surface area contributed by atoms with Gasteiger partial charge in [-0.3, -0.25) is 0 Å². The van der Waals surface area contributed by atoms with Gasteiger partial charge in [0.25, 0.3) is 0 Å². The molecule has 1 heterocycles. The maximum Gasteiger partial charge on any atom is 0.240 e. The number of ether oxygens (including phenoxy) is 1. The third-order valence-corrected chi connectivity index (χ3v) is 5.84. The maximum atomic E-state index is 12.2. The van der Waals surface area contributed by atoms with Crippen molar-refractivity contribution in [3.63, 3.8) is 0 Å². The maximum absolute atomic E-state index is 12.2. The number of aromatic amines is 1. The highest BCUT2D eigenvalue weighted by atomic mass is 32.2. The highest BCUT2D eigenvalue weighted by Gasteiger charge is 2.12. The predicted molar refractivity (Wildman–Crippen MR) is 108 cm³/mol. The van der Waals surface area contributed by atoms with Gasteiger partial charge in [-0.15, -0.1) is 0 Å². The number of hydrogen-bond acceptors (Lipinski definition) is 4. The number of fused-ring (bicyclic) bond motifs is 1. The minimum absolute atomic E-state index is 0.277. The number of nitrogens with one attached hydrogen (secondary N) is 2. The van der Waals surface area contributed by atoms with E-state index in [1.807, 2.05) is 31.3 Å². The highest BCUT2D eigenvalue weighted by molar-refractivity contribution is 7.89.